The van der Waals surface area contributed by atoms with E-state index in [1.54, 1.807) is 0 Å². The molecular weight excluding hydrogens is 282 g/mol. The van der Waals surface area contributed by atoms with Gasteiger partial charge in [0.2, 0.25) is 0 Å². The van der Waals surface area contributed by atoms with Gasteiger partial charge in [-0.3, -0.25) is 0 Å². The molecule has 0 aliphatic carbocycles. The standard InChI is InChI=1S/C21H41NO/c1-3-4-5-6-7-8-9-10-11-12-13-14-15-16-17-18-19-23-21(2)20-22/h21H,3-19H2,1-2H3. The van der Waals surface area contributed by atoms with Crippen LogP contribution in [0.5, 0.6) is 0 Å². The lowest BCUT2D eigenvalue weighted by atomic mass is 10.0. The Hall–Kier alpha value is -0.550. The molecule has 0 N–H and O–H groups in total. The van der Waals surface area contributed by atoms with Crippen LogP contribution in [-0.2, 0) is 4.74 Å². The number of nitrogens with zero attached hydrogens (tertiary/aromatic N) is 1. The maximum atomic E-state index is 8.59. The summed E-state index contributed by atoms with van der Waals surface area (Å²) in [5, 5.41) is 8.59. The smallest absolute Gasteiger partial charge is 0.141 e. The molecule has 0 bridgehead atoms. The molecular formula is C21H41NO. The van der Waals surface area contributed by atoms with Crippen LogP contribution >= 0.6 is 0 Å². The second-order valence-electron chi connectivity index (χ2n) is 6.95. The van der Waals surface area contributed by atoms with Crippen molar-refractivity contribution < 1.29 is 4.74 Å². The molecule has 0 aromatic rings. The van der Waals surface area contributed by atoms with Gasteiger partial charge in [0.1, 0.15) is 6.10 Å². The maximum absolute atomic E-state index is 8.59. The normalized spacial score (nSPS) is 12.2. The third-order valence-corrected chi connectivity index (χ3v) is 4.55. The predicted molar refractivity (Wildman–Crippen MR) is 101 cm³/mol. The number of hydrogen-bond donors (Lipinski definition) is 0. The number of nitriles is 1. The molecule has 0 rings (SSSR count). The molecule has 0 saturated heterocycles. The first-order chi connectivity index (χ1) is 11.3. The molecule has 0 aromatic heterocycles. The van der Waals surface area contributed by atoms with Gasteiger partial charge >= 0.3 is 0 Å². The van der Waals surface area contributed by atoms with Gasteiger partial charge in [-0.1, -0.05) is 103 Å². The van der Waals surface area contributed by atoms with Crippen LogP contribution in [0.3, 0.4) is 0 Å². The highest BCUT2D eigenvalue weighted by atomic mass is 16.5. The van der Waals surface area contributed by atoms with Crippen LogP contribution in [0.4, 0.5) is 0 Å². The Kier molecular flexibility index (Phi) is 19.0. The van der Waals surface area contributed by atoms with Crippen molar-refractivity contribution in [3.8, 4) is 6.07 Å². The summed E-state index contributed by atoms with van der Waals surface area (Å²) < 4.78 is 5.35. The van der Waals surface area contributed by atoms with Crippen molar-refractivity contribution in [1.82, 2.24) is 0 Å². The quantitative estimate of drug-likeness (QED) is 0.250. The summed E-state index contributed by atoms with van der Waals surface area (Å²) >= 11 is 0. The van der Waals surface area contributed by atoms with Crippen LogP contribution in [-0.4, -0.2) is 12.7 Å². The zero-order chi connectivity index (χ0) is 17.0. The molecule has 0 fully saturated rings. The summed E-state index contributed by atoms with van der Waals surface area (Å²) in [4.78, 5) is 0. The van der Waals surface area contributed by atoms with E-state index in [2.05, 4.69) is 13.0 Å². The van der Waals surface area contributed by atoms with Gasteiger partial charge in [-0.15, -0.1) is 0 Å². The van der Waals surface area contributed by atoms with Crippen molar-refractivity contribution in [3.63, 3.8) is 0 Å². The lowest BCUT2D eigenvalue weighted by Gasteiger charge is -2.05. The van der Waals surface area contributed by atoms with E-state index in [1.165, 1.54) is 96.3 Å². The third-order valence-electron chi connectivity index (χ3n) is 4.55. The van der Waals surface area contributed by atoms with E-state index < -0.39 is 0 Å². The Morgan fingerprint density at radius 2 is 1.00 bits per heavy atom. The molecule has 0 saturated carbocycles. The summed E-state index contributed by atoms with van der Waals surface area (Å²) in [6.45, 7) is 4.84. The first-order valence-electron chi connectivity index (χ1n) is 10.3. The van der Waals surface area contributed by atoms with Crippen LogP contribution in [0, 0.1) is 11.3 Å². The van der Waals surface area contributed by atoms with Crippen LogP contribution < -0.4 is 0 Å². The van der Waals surface area contributed by atoms with Gasteiger partial charge in [0.05, 0.1) is 6.07 Å². The third kappa shape index (κ3) is 19.4. The largest absolute Gasteiger partial charge is 0.364 e. The van der Waals surface area contributed by atoms with Gasteiger partial charge in [0.25, 0.3) is 0 Å². The van der Waals surface area contributed by atoms with E-state index in [0.29, 0.717) is 0 Å². The van der Waals surface area contributed by atoms with Crippen molar-refractivity contribution in [2.24, 2.45) is 0 Å². The highest BCUT2D eigenvalue weighted by Gasteiger charge is 1.98. The molecule has 0 aromatic carbocycles. The summed E-state index contributed by atoms with van der Waals surface area (Å²) in [6.07, 6.45) is 22.0. The van der Waals surface area contributed by atoms with Gasteiger partial charge in [-0.05, 0) is 13.3 Å². The molecule has 0 amide bonds. The topological polar surface area (TPSA) is 33.0 Å². The van der Waals surface area contributed by atoms with Gasteiger partial charge in [0, 0.05) is 6.61 Å². The highest BCUT2D eigenvalue weighted by Crippen LogP contribution is 2.13. The zero-order valence-electron chi connectivity index (χ0n) is 16.0. The Bertz CT molecular complexity index is 259. The fraction of sp³-hybridized carbons (Fsp3) is 0.952. The Morgan fingerprint density at radius 3 is 1.35 bits per heavy atom. The van der Waals surface area contributed by atoms with E-state index >= 15 is 0 Å². The van der Waals surface area contributed by atoms with Crippen LogP contribution in [0.25, 0.3) is 0 Å². The van der Waals surface area contributed by atoms with Crippen molar-refractivity contribution in [1.29, 1.82) is 5.26 Å². The molecule has 2 nitrogen and oxygen atoms in total. The van der Waals surface area contributed by atoms with E-state index in [4.69, 9.17) is 10.00 Å². The SMILES string of the molecule is CCCCCCCCCCCCCCCCCCOC(C)C#N. The van der Waals surface area contributed by atoms with Crippen LogP contribution in [0.1, 0.15) is 117 Å². The van der Waals surface area contributed by atoms with Crippen LogP contribution in [0.2, 0.25) is 0 Å². The second kappa shape index (κ2) is 19.5. The Balaban J connectivity index is 2.99. The number of hydrogen-bond acceptors (Lipinski definition) is 2. The number of rotatable bonds is 18. The van der Waals surface area contributed by atoms with Gasteiger partial charge in [0.15, 0.2) is 0 Å². The first kappa shape index (κ1) is 22.4. The predicted octanol–water partition coefficient (Wildman–Crippen LogP) is 7.18. The molecule has 0 spiro atoms. The first-order valence-corrected chi connectivity index (χ1v) is 10.3. The van der Waals surface area contributed by atoms with Crippen molar-refractivity contribution in [2.75, 3.05) is 6.61 Å². The van der Waals surface area contributed by atoms with Gasteiger partial charge in [-0.25, -0.2) is 0 Å². The molecule has 0 heterocycles. The van der Waals surface area contributed by atoms with E-state index in [-0.39, 0.29) is 6.10 Å². The minimum absolute atomic E-state index is 0.244. The molecule has 23 heavy (non-hydrogen) atoms. The zero-order valence-corrected chi connectivity index (χ0v) is 16.0. The molecule has 1 unspecified atom stereocenters. The minimum atomic E-state index is -0.244. The van der Waals surface area contributed by atoms with Crippen molar-refractivity contribution in [3.05, 3.63) is 0 Å². The van der Waals surface area contributed by atoms with Gasteiger partial charge in [-0.2, -0.15) is 5.26 Å². The Labute approximate surface area is 146 Å². The monoisotopic (exact) mass is 323 g/mol. The summed E-state index contributed by atoms with van der Waals surface area (Å²) in [6, 6.07) is 2.10. The molecule has 0 aliphatic rings. The van der Waals surface area contributed by atoms with Crippen LogP contribution in [0.15, 0.2) is 0 Å². The van der Waals surface area contributed by atoms with Crippen molar-refractivity contribution >= 4 is 0 Å². The Morgan fingerprint density at radius 1 is 0.652 bits per heavy atom. The minimum Gasteiger partial charge on any atom is -0.364 e. The second-order valence-corrected chi connectivity index (χ2v) is 6.95. The fourth-order valence-corrected chi connectivity index (χ4v) is 2.95. The number of ether oxygens (including phenoxy) is 1. The maximum Gasteiger partial charge on any atom is 0.141 e. The van der Waals surface area contributed by atoms with E-state index in [1.807, 2.05) is 6.92 Å². The lowest BCUT2D eigenvalue weighted by molar-refractivity contribution is 0.0984. The fourth-order valence-electron chi connectivity index (χ4n) is 2.95. The molecule has 1 atom stereocenters. The summed E-state index contributed by atoms with van der Waals surface area (Å²) in [5.41, 5.74) is 0. The van der Waals surface area contributed by atoms with E-state index in [9.17, 15) is 0 Å². The average molecular weight is 324 g/mol. The molecule has 0 aliphatic heterocycles. The highest BCUT2D eigenvalue weighted by molar-refractivity contribution is 4.78. The molecule has 2 heteroatoms. The summed E-state index contributed by atoms with van der Waals surface area (Å²) in [5.74, 6) is 0. The molecule has 136 valence electrons. The molecule has 0 radical (unpaired) electrons. The average Bonchev–Trinajstić information content (AvgIpc) is 2.57. The summed E-state index contributed by atoms with van der Waals surface area (Å²) in [7, 11) is 0. The van der Waals surface area contributed by atoms with E-state index in [0.717, 1.165) is 13.0 Å². The van der Waals surface area contributed by atoms with Gasteiger partial charge < -0.3 is 4.74 Å². The number of unbranched alkanes of at least 4 members (excludes halogenated alkanes) is 15. The van der Waals surface area contributed by atoms with Crippen molar-refractivity contribution in [2.45, 2.75) is 123 Å². The lowest BCUT2D eigenvalue weighted by Crippen LogP contribution is -2.05.